The zero-order valence-electron chi connectivity index (χ0n) is 41.1. The van der Waals surface area contributed by atoms with Gasteiger partial charge in [0.2, 0.25) is 5.91 Å². The van der Waals surface area contributed by atoms with Crippen molar-refractivity contribution in [3.63, 3.8) is 0 Å². The molecule has 0 radical (unpaired) electrons. The number of aliphatic hydroxyl groups is 1. The number of phosphoric acid groups is 1. The van der Waals surface area contributed by atoms with Crippen molar-refractivity contribution in [2.45, 2.75) is 231 Å². The van der Waals surface area contributed by atoms with Crippen molar-refractivity contribution in [1.29, 1.82) is 0 Å². The molecule has 0 bridgehead atoms. The maximum absolute atomic E-state index is 12.9. The van der Waals surface area contributed by atoms with Crippen LogP contribution >= 0.6 is 7.82 Å². The lowest BCUT2D eigenvalue weighted by atomic mass is 10.1. The SMILES string of the molecule is CCCCC/C=C\C/C=C\CCCCCCCCCCCC(=O)NC(COP(=O)(O)OCC[N+](C)(C)C)C(O)/C=C/CC/C=C/CC/C=C/CCCCCCCCCCCCC. The topological polar surface area (TPSA) is 105 Å². The fourth-order valence-corrected chi connectivity index (χ4v) is 7.84. The molecule has 0 aliphatic carbocycles. The number of likely N-dealkylation sites (N-methyl/N-ethyl adjacent to an activating group) is 1. The smallest absolute Gasteiger partial charge is 0.387 e. The van der Waals surface area contributed by atoms with Gasteiger partial charge in [-0.15, -0.1) is 0 Å². The van der Waals surface area contributed by atoms with Crippen molar-refractivity contribution in [3.05, 3.63) is 60.8 Å². The predicted octanol–water partition coefficient (Wildman–Crippen LogP) is 15.0. The molecule has 8 nitrogen and oxygen atoms in total. The van der Waals surface area contributed by atoms with Crippen LogP contribution in [0, 0.1) is 0 Å². The molecule has 3 N–H and O–H groups in total. The van der Waals surface area contributed by atoms with Crippen LogP contribution in [0.1, 0.15) is 219 Å². The van der Waals surface area contributed by atoms with E-state index in [9.17, 15) is 19.4 Å². The van der Waals surface area contributed by atoms with Crippen LogP contribution in [0.5, 0.6) is 0 Å². The highest BCUT2D eigenvalue weighted by molar-refractivity contribution is 7.47. The Hall–Kier alpha value is -1.80. The zero-order chi connectivity index (χ0) is 45.7. The van der Waals surface area contributed by atoms with Gasteiger partial charge in [-0.3, -0.25) is 13.8 Å². The average molecular weight is 892 g/mol. The van der Waals surface area contributed by atoms with Gasteiger partial charge in [-0.1, -0.05) is 197 Å². The van der Waals surface area contributed by atoms with E-state index in [0.29, 0.717) is 17.4 Å². The molecule has 0 aliphatic heterocycles. The van der Waals surface area contributed by atoms with Gasteiger partial charge in [0.25, 0.3) is 0 Å². The fourth-order valence-electron chi connectivity index (χ4n) is 7.10. The Bertz CT molecular complexity index is 1190. The van der Waals surface area contributed by atoms with Crippen molar-refractivity contribution in [2.24, 2.45) is 0 Å². The average Bonchev–Trinajstić information content (AvgIpc) is 3.23. The van der Waals surface area contributed by atoms with Crippen LogP contribution < -0.4 is 5.32 Å². The van der Waals surface area contributed by atoms with Crippen LogP contribution in [0.15, 0.2) is 60.8 Å². The summed E-state index contributed by atoms with van der Waals surface area (Å²) in [5.41, 5.74) is 0. The molecule has 0 aromatic rings. The molecule has 62 heavy (non-hydrogen) atoms. The first-order chi connectivity index (χ1) is 30.0. The molecular formula is C53H100N2O6P+. The van der Waals surface area contributed by atoms with Crippen LogP contribution in [-0.2, 0) is 18.4 Å². The van der Waals surface area contributed by atoms with E-state index in [1.807, 2.05) is 27.2 Å². The first-order valence-corrected chi connectivity index (χ1v) is 27.2. The summed E-state index contributed by atoms with van der Waals surface area (Å²) in [4.78, 5) is 23.2. The van der Waals surface area contributed by atoms with Gasteiger partial charge in [0.05, 0.1) is 39.9 Å². The number of aliphatic hydroxyl groups excluding tert-OH is 1. The number of hydrogen-bond donors (Lipinski definition) is 3. The van der Waals surface area contributed by atoms with Crippen LogP contribution in [0.2, 0.25) is 0 Å². The Morgan fingerprint density at radius 1 is 0.548 bits per heavy atom. The molecule has 362 valence electrons. The number of carbonyl (C=O) groups excluding carboxylic acids is 1. The number of nitrogens with zero attached hydrogens (tertiary/aromatic N) is 1. The summed E-state index contributed by atoms with van der Waals surface area (Å²) >= 11 is 0. The monoisotopic (exact) mass is 892 g/mol. The molecule has 3 atom stereocenters. The van der Waals surface area contributed by atoms with Crippen molar-refractivity contribution in [3.8, 4) is 0 Å². The van der Waals surface area contributed by atoms with E-state index >= 15 is 0 Å². The first kappa shape index (κ1) is 60.2. The molecule has 0 saturated carbocycles. The fraction of sp³-hybridized carbons (Fsp3) is 0.792. The number of nitrogens with one attached hydrogen (secondary N) is 1. The van der Waals surface area contributed by atoms with E-state index in [1.54, 1.807) is 6.08 Å². The number of quaternary nitrogens is 1. The largest absolute Gasteiger partial charge is 0.472 e. The molecule has 0 aromatic carbocycles. The molecular weight excluding hydrogens is 792 g/mol. The molecule has 3 unspecified atom stereocenters. The lowest BCUT2D eigenvalue weighted by Gasteiger charge is -2.25. The minimum absolute atomic E-state index is 0.0508. The van der Waals surface area contributed by atoms with E-state index < -0.39 is 20.0 Å². The second-order valence-corrected chi connectivity index (χ2v) is 20.0. The van der Waals surface area contributed by atoms with E-state index in [-0.39, 0.29) is 19.1 Å². The molecule has 1 amide bonds. The minimum Gasteiger partial charge on any atom is -0.387 e. The van der Waals surface area contributed by atoms with Gasteiger partial charge >= 0.3 is 7.82 Å². The first-order valence-electron chi connectivity index (χ1n) is 25.7. The van der Waals surface area contributed by atoms with E-state index in [2.05, 4.69) is 67.8 Å². The van der Waals surface area contributed by atoms with Crippen LogP contribution in [0.3, 0.4) is 0 Å². The van der Waals surface area contributed by atoms with Gasteiger partial charge in [-0.05, 0) is 77.0 Å². The Kier molecular flexibility index (Phi) is 43.1. The highest BCUT2D eigenvalue weighted by Crippen LogP contribution is 2.43. The second-order valence-electron chi connectivity index (χ2n) is 18.5. The summed E-state index contributed by atoms with van der Waals surface area (Å²) in [6.45, 7) is 4.76. The number of carbonyl (C=O) groups is 1. The van der Waals surface area contributed by atoms with Crippen LogP contribution in [0.4, 0.5) is 0 Å². The quantitative estimate of drug-likeness (QED) is 0.0243. The van der Waals surface area contributed by atoms with Crippen LogP contribution in [-0.4, -0.2) is 73.4 Å². The summed E-state index contributed by atoms with van der Waals surface area (Å²) in [6.07, 6.45) is 58.7. The van der Waals surface area contributed by atoms with Gasteiger partial charge in [-0.2, -0.15) is 0 Å². The zero-order valence-corrected chi connectivity index (χ0v) is 42.0. The van der Waals surface area contributed by atoms with Gasteiger partial charge in [0.15, 0.2) is 0 Å². The number of rotatable bonds is 46. The standard InChI is InChI=1S/C53H99N2O6P/c1-6-8-10-12-14-16-18-20-22-24-26-27-29-30-32-34-36-38-40-42-44-46-52(56)51(50-61-62(58,59)60-49-48-55(3,4)5)54-53(57)47-45-43-41-39-37-35-33-31-28-25-23-21-19-17-15-13-11-9-7-2/h15,17,21,23,29-30,36,38,44,46,51-52,56H,6-14,16,18-20,22,24-28,31-35,37,39-43,45,47-50H2,1-5H3,(H-,54,57,58,59)/p+1/b17-15-,23-21-,30-29+,38-36+,46-44+. The molecule has 0 aromatic heterocycles. The summed E-state index contributed by atoms with van der Waals surface area (Å²) in [6, 6.07) is -0.874. The summed E-state index contributed by atoms with van der Waals surface area (Å²) in [5.74, 6) is -0.197. The lowest BCUT2D eigenvalue weighted by molar-refractivity contribution is -0.870. The Morgan fingerprint density at radius 3 is 1.42 bits per heavy atom. The molecule has 0 rings (SSSR count). The second kappa shape index (κ2) is 44.4. The third-order valence-electron chi connectivity index (χ3n) is 11.2. The highest BCUT2D eigenvalue weighted by Gasteiger charge is 2.27. The van der Waals surface area contributed by atoms with Crippen LogP contribution in [0.25, 0.3) is 0 Å². The third-order valence-corrected chi connectivity index (χ3v) is 12.2. The summed E-state index contributed by atoms with van der Waals surface area (Å²) in [7, 11) is 1.54. The Balaban J connectivity index is 4.41. The maximum Gasteiger partial charge on any atom is 0.472 e. The number of hydrogen-bond acceptors (Lipinski definition) is 5. The summed E-state index contributed by atoms with van der Waals surface area (Å²) < 4.78 is 23.6. The van der Waals surface area contributed by atoms with Crippen molar-refractivity contribution < 1.29 is 32.9 Å². The van der Waals surface area contributed by atoms with Gasteiger partial charge in [-0.25, -0.2) is 4.57 Å². The van der Waals surface area contributed by atoms with E-state index in [4.69, 9.17) is 9.05 Å². The molecule has 0 fully saturated rings. The van der Waals surface area contributed by atoms with E-state index in [1.165, 1.54) is 148 Å². The normalized spacial score (nSPS) is 14.6. The predicted molar refractivity (Wildman–Crippen MR) is 267 cm³/mol. The van der Waals surface area contributed by atoms with E-state index in [0.717, 1.165) is 51.4 Å². The van der Waals surface area contributed by atoms with Crippen molar-refractivity contribution in [1.82, 2.24) is 5.32 Å². The van der Waals surface area contributed by atoms with Gasteiger partial charge < -0.3 is 19.8 Å². The maximum atomic E-state index is 12.9. The molecule has 9 heteroatoms. The minimum atomic E-state index is -4.36. The Labute approximate surface area is 383 Å². The summed E-state index contributed by atoms with van der Waals surface area (Å²) in [5, 5.41) is 13.9. The number of amides is 1. The van der Waals surface area contributed by atoms with Crippen molar-refractivity contribution in [2.75, 3.05) is 40.9 Å². The van der Waals surface area contributed by atoms with Crippen molar-refractivity contribution >= 4 is 13.7 Å². The Morgan fingerprint density at radius 2 is 0.935 bits per heavy atom. The van der Waals surface area contributed by atoms with Gasteiger partial charge in [0.1, 0.15) is 13.2 Å². The number of phosphoric ester groups is 1. The number of allylic oxidation sites excluding steroid dienone is 9. The molecule has 0 spiro atoms. The lowest BCUT2D eigenvalue weighted by Crippen LogP contribution is -2.45. The number of unbranched alkanes of at least 4 members (excludes halogenated alkanes) is 25. The molecule has 0 saturated heterocycles. The highest BCUT2D eigenvalue weighted by atomic mass is 31.2. The van der Waals surface area contributed by atoms with Gasteiger partial charge in [0, 0.05) is 6.42 Å². The molecule has 0 heterocycles. The third kappa shape index (κ3) is 46.2. The molecule has 0 aliphatic rings.